The minimum absolute atomic E-state index is 0.618. The molecule has 0 spiro atoms. The molecule has 0 aromatic carbocycles. The molecule has 0 bridgehead atoms. The summed E-state index contributed by atoms with van der Waals surface area (Å²) in [7, 11) is 2.22. The maximum absolute atomic E-state index is 5.58. The molecule has 0 radical (unpaired) electrons. The van der Waals surface area contributed by atoms with Crippen molar-refractivity contribution in [1.29, 1.82) is 0 Å². The first-order valence-electron chi connectivity index (χ1n) is 7.32. The highest BCUT2D eigenvalue weighted by molar-refractivity contribution is 5.17. The van der Waals surface area contributed by atoms with Crippen molar-refractivity contribution in [2.24, 2.45) is 0 Å². The Kier molecular flexibility index (Phi) is 5.02. The van der Waals surface area contributed by atoms with Gasteiger partial charge >= 0.3 is 0 Å². The SMILES string of the molecule is CCNCc1occc1CN1CC(C)N(C)C(C)C1. The Labute approximate surface area is 116 Å². The first-order valence-corrected chi connectivity index (χ1v) is 7.32. The van der Waals surface area contributed by atoms with Crippen LogP contribution in [0.2, 0.25) is 0 Å². The number of likely N-dealkylation sites (N-methyl/N-ethyl adjacent to an activating group) is 1. The summed E-state index contributed by atoms with van der Waals surface area (Å²) in [4.78, 5) is 5.00. The largest absolute Gasteiger partial charge is 0.468 e. The summed E-state index contributed by atoms with van der Waals surface area (Å²) in [5.41, 5.74) is 1.32. The van der Waals surface area contributed by atoms with Crippen LogP contribution in [0.1, 0.15) is 32.1 Å². The summed E-state index contributed by atoms with van der Waals surface area (Å²) >= 11 is 0. The van der Waals surface area contributed by atoms with Crippen molar-refractivity contribution >= 4 is 0 Å². The molecule has 1 saturated heterocycles. The first kappa shape index (κ1) is 14.6. The number of nitrogens with one attached hydrogen (secondary N) is 1. The van der Waals surface area contributed by atoms with Gasteiger partial charge in [-0.2, -0.15) is 0 Å². The maximum Gasteiger partial charge on any atom is 0.122 e. The Balaban J connectivity index is 1.95. The van der Waals surface area contributed by atoms with E-state index in [0.717, 1.165) is 38.5 Å². The topological polar surface area (TPSA) is 31.7 Å². The van der Waals surface area contributed by atoms with Gasteiger partial charge in [-0.15, -0.1) is 0 Å². The lowest BCUT2D eigenvalue weighted by Crippen LogP contribution is -2.54. The van der Waals surface area contributed by atoms with Gasteiger partial charge in [-0.1, -0.05) is 6.92 Å². The first-order chi connectivity index (χ1) is 9.11. The number of nitrogens with zero attached hydrogens (tertiary/aromatic N) is 2. The normalized spacial score (nSPS) is 25.9. The molecule has 2 rings (SSSR count). The molecule has 2 atom stereocenters. The Morgan fingerprint density at radius 3 is 2.63 bits per heavy atom. The third-order valence-corrected chi connectivity index (χ3v) is 4.20. The number of hydrogen-bond acceptors (Lipinski definition) is 4. The van der Waals surface area contributed by atoms with Gasteiger partial charge in [0, 0.05) is 37.3 Å². The molecule has 1 N–H and O–H groups in total. The van der Waals surface area contributed by atoms with Crippen LogP contribution in [0.15, 0.2) is 16.7 Å². The zero-order valence-corrected chi connectivity index (χ0v) is 12.6. The molecule has 0 amide bonds. The predicted octanol–water partition coefficient (Wildman–Crippen LogP) is 1.91. The highest BCUT2D eigenvalue weighted by Crippen LogP contribution is 2.18. The maximum atomic E-state index is 5.58. The van der Waals surface area contributed by atoms with Crippen molar-refractivity contribution in [3.63, 3.8) is 0 Å². The van der Waals surface area contributed by atoms with E-state index in [-0.39, 0.29) is 0 Å². The van der Waals surface area contributed by atoms with Gasteiger partial charge in [-0.3, -0.25) is 9.80 Å². The smallest absolute Gasteiger partial charge is 0.122 e. The van der Waals surface area contributed by atoms with E-state index < -0.39 is 0 Å². The van der Waals surface area contributed by atoms with E-state index in [1.54, 1.807) is 0 Å². The van der Waals surface area contributed by atoms with Crippen LogP contribution < -0.4 is 5.32 Å². The Morgan fingerprint density at radius 2 is 2.00 bits per heavy atom. The summed E-state index contributed by atoms with van der Waals surface area (Å²) in [5.74, 6) is 1.08. The summed E-state index contributed by atoms with van der Waals surface area (Å²) in [6.45, 7) is 11.8. The highest BCUT2D eigenvalue weighted by atomic mass is 16.3. The molecule has 19 heavy (non-hydrogen) atoms. The average molecular weight is 265 g/mol. The molecule has 1 aromatic rings. The molecular formula is C15H27N3O. The van der Waals surface area contributed by atoms with Gasteiger partial charge in [0.25, 0.3) is 0 Å². The fourth-order valence-corrected chi connectivity index (χ4v) is 2.79. The van der Waals surface area contributed by atoms with Gasteiger partial charge in [-0.25, -0.2) is 0 Å². The fourth-order valence-electron chi connectivity index (χ4n) is 2.79. The number of rotatable bonds is 5. The molecule has 0 saturated carbocycles. The van der Waals surface area contributed by atoms with Gasteiger partial charge in [0.1, 0.15) is 5.76 Å². The van der Waals surface area contributed by atoms with Crippen molar-refractivity contribution < 1.29 is 4.42 Å². The van der Waals surface area contributed by atoms with Crippen molar-refractivity contribution in [2.75, 3.05) is 26.7 Å². The summed E-state index contributed by atoms with van der Waals surface area (Å²) in [6.07, 6.45) is 1.81. The minimum atomic E-state index is 0.618. The van der Waals surface area contributed by atoms with Crippen LogP contribution >= 0.6 is 0 Å². The molecule has 2 heterocycles. The zero-order chi connectivity index (χ0) is 13.8. The van der Waals surface area contributed by atoms with Gasteiger partial charge in [0.15, 0.2) is 0 Å². The third kappa shape index (κ3) is 3.59. The lowest BCUT2D eigenvalue weighted by atomic mass is 10.1. The third-order valence-electron chi connectivity index (χ3n) is 4.20. The van der Waals surface area contributed by atoms with Crippen LogP contribution in [0.3, 0.4) is 0 Å². The molecular weight excluding hydrogens is 238 g/mol. The second-order valence-corrected chi connectivity index (χ2v) is 5.71. The number of piperazine rings is 1. The van der Waals surface area contributed by atoms with E-state index >= 15 is 0 Å². The predicted molar refractivity (Wildman–Crippen MR) is 78.1 cm³/mol. The van der Waals surface area contributed by atoms with Crippen molar-refractivity contribution in [3.8, 4) is 0 Å². The Bertz CT molecular complexity index is 378. The van der Waals surface area contributed by atoms with Crippen LogP contribution in [0.5, 0.6) is 0 Å². The molecule has 4 heteroatoms. The van der Waals surface area contributed by atoms with Crippen molar-refractivity contribution in [3.05, 3.63) is 23.7 Å². The molecule has 1 aliphatic heterocycles. The van der Waals surface area contributed by atoms with Crippen LogP contribution in [0.4, 0.5) is 0 Å². The van der Waals surface area contributed by atoms with Crippen molar-refractivity contribution in [2.45, 2.75) is 45.9 Å². The molecule has 1 aromatic heterocycles. The number of hydrogen-bond donors (Lipinski definition) is 1. The van der Waals surface area contributed by atoms with Gasteiger partial charge in [-0.05, 0) is 33.5 Å². The van der Waals surface area contributed by atoms with Gasteiger partial charge in [0.2, 0.25) is 0 Å². The zero-order valence-electron chi connectivity index (χ0n) is 12.6. The van der Waals surface area contributed by atoms with Gasteiger partial charge in [0.05, 0.1) is 12.8 Å². The molecule has 2 unspecified atom stereocenters. The second kappa shape index (κ2) is 6.55. The van der Waals surface area contributed by atoms with E-state index in [4.69, 9.17) is 4.42 Å². The molecule has 108 valence electrons. The standard InChI is InChI=1S/C15H27N3O/c1-5-16-8-15-14(6-7-19-15)11-18-9-12(2)17(4)13(3)10-18/h6-7,12-13,16H,5,8-11H2,1-4H3. The highest BCUT2D eigenvalue weighted by Gasteiger charge is 2.26. The molecule has 1 fully saturated rings. The van der Waals surface area contributed by atoms with E-state index in [1.165, 1.54) is 5.56 Å². The van der Waals surface area contributed by atoms with E-state index in [0.29, 0.717) is 12.1 Å². The summed E-state index contributed by atoms with van der Waals surface area (Å²) in [5, 5.41) is 3.33. The quantitative estimate of drug-likeness (QED) is 0.881. The molecule has 4 nitrogen and oxygen atoms in total. The van der Waals surface area contributed by atoms with E-state index in [9.17, 15) is 0 Å². The van der Waals surface area contributed by atoms with E-state index in [1.807, 2.05) is 6.26 Å². The van der Waals surface area contributed by atoms with Crippen LogP contribution in [0.25, 0.3) is 0 Å². The van der Waals surface area contributed by atoms with Crippen LogP contribution in [0, 0.1) is 0 Å². The molecule has 0 aliphatic carbocycles. The van der Waals surface area contributed by atoms with Crippen molar-refractivity contribution in [1.82, 2.24) is 15.1 Å². The van der Waals surface area contributed by atoms with Gasteiger partial charge < -0.3 is 9.73 Å². The second-order valence-electron chi connectivity index (χ2n) is 5.71. The number of furan rings is 1. The minimum Gasteiger partial charge on any atom is -0.468 e. The van der Waals surface area contributed by atoms with E-state index in [2.05, 4.69) is 49.0 Å². The van der Waals surface area contributed by atoms with Crippen LogP contribution in [-0.2, 0) is 13.1 Å². The average Bonchev–Trinajstić information content (AvgIpc) is 2.80. The molecule has 1 aliphatic rings. The Hall–Kier alpha value is -0.840. The lowest BCUT2D eigenvalue weighted by Gasteiger charge is -2.42. The Morgan fingerprint density at radius 1 is 1.32 bits per heavy atom. The lowest BCUT2D eigenvalue weighted by molar-refractivity contribution is 0.0553. The van der Waals surface area contributed by atoms with Crippen LogP contribution in [-0.4, -0.2) is 48.6 Å². The summed E-state index contributed by atoms with van der Waals surface area (Å²) < 4.78 is 5.58. The summed E-state index contributed by atoms with van der Waals surface area (Å²) in [6, 6.07) is 3.35. The fraction of sp³-hybridized carbons (Fsp3) is 0.733. The monoisotopic (exact) mass is 265 g/mol.